The van der Waals surface area contributed by atoms with E-state index < -0.39 is 0 Å². The number of nitrogens with zero attached hydrogens (tertiary/aromatic N) is 4. The summed E-state index contributed by atoms with van der Waals surface area (Å²) < 4.78 is 2.03. The lowest BCUT2D eigenvalue weighted by molar-refractivity contribution is 0.0266. The number of aliphatic hydroxyl groups is 1. The first kappa shape index (κ1) is 16.9. The second-order valence-electron chi connectivity index (χ2n) is 7.17. The maximum Gasteiger partial charge on any atom is 0.0638 e. The molecule has 0 bridgehead atoms. The largest absolute Gasteiger partial charge is 0.396 e. The Hall–Kier alpha value is -0.910. The second kappa shape index (κ2) is 7.77. The van der Waals surface area contributed by atoms with Crippen molar-refractivity contribution in [1.82, 2.24) is 19.6 Å². The summed E-state index contributed by atoms with van der Waals surface area (Å²) in [5.41, 5.74) is 2.51. The molecule has 1 aromatic rings. The summed E-state index contributed by atoms with van der Waals surface area (Å²) in [6.45, 7) is 9.83. The molecule has 1 atom stereocenters. The van der Waals surface area contributed by atoms with Crippen molar-refractivity contribution in [3.8, 4) is 0 Å². The molecule has 0 spiro atoms. The molecule has 1 saturated carbocycles. The average Bonchev–Trinajstić information content (AvgIpc) is 3.18. The minimum atomic E-state index is 0.300. The molecule has 1 aliphatic heterocycles. The van der Waals surface area contributed by atoms with Gasteiger partial charge >= 0.3 is 0 Å². The van der Waals surface area contributed by atoms with Crippen molar-refractivity contribution in [3.05, 3.63) is 17.5 Å². The highest BCUT2D eigenvalue weighted by atomic mass is 16.3. The molecule has 0 amide bonds. The number of hydrogen-bond acceptors (Lipinski definition) is 4. The van der Waals surface area contributed by atoms with Gasteiger partial charge in [-0.1, -0.05) is 12.8 Å². The summed E-state index contributed by atoms with van der Waals surface area (Å²) >= 11 is 0. The van der Waals surface area contributed by atoms with Gasteiger partial charge in [0.15, 0.2) is 0 Å². The van der Waals surface area contributed by atoms with Gasteiger partial charge in [-0.05, 0) is 33.1 Å². The molecule has 3 rings (SSSR count). The Bertz CT molecular complexity index is 495. The van der Waals surface area contributed by atoms with Crippen LogP contribution < -0.4 is 0 Å². The van der Waals surface area contributed by atoms with Crippen LogP contribution >= 0.6 is 0 Å². The lowest BCUT2D eigenvalue weighted by Gasteiger charge is -2.44. The normalized spacial score (nSPS) is 24.6. The van der Waals surface area contributed by atoms with Crippen LogP contribution in [0.4, 0.5) is 0 Å². The lowest BCUT2D eigenvalue weighted by atomic mass is 10.0. The molecular formula is C18H32N4O. The van der Waals surface area contributed by atoms with Crippen LogP contribution in [0.1, 0.15) is 50.3 Å². The van der Waals surface area contributed by atoms with Gasteiger partial charge in [0.05, 0.1) is 5.69 Å². The van der Waals surface area contributed by atoms with Gasteiger partial charge in [-0.15, -0.1) is 0 Å². The number of hydrogen-bond donors (Lipinski definition) is 1. The standard InChI is InChI=1S/C18H32N4O/c1-3-21-13-16(15(2)19-21)12-20-9-10-22(17-6-4-5-7-17)18(14-20)8-11-23/h13,17-18,23H,3-12,14H2,1-2H3. The number of piperazine rings is 1. The Balaban J connectivity index is 1.62. The Kier molecular flexibility index (Phi) is 5.72. The molecule has 1 aliphatic carbocycles. The molecule has 1 saturated heterocycles. The van der Waals surface area contributed by atoms with Gasteiger partial charge in [-0.25, -0.2) is 0 Å². The third-order valence-electron chi connectivity index (χ3n) is 5.63. The fraction of sp³-hybridized carbons (Fsp3) is 0.833. The van der Waals surface area contributed by atoms with Crippen LogP contribution in [0.15, 0.2) is 6.20 Å². The van der Waals surface area contributed by atoms with E-state index in [1.807, 2.05) is 4.68 Å². The highest BCUT2D eigenvalue weighted by Gasteiger charge is 2.33. The topological polar surface area (TPSA) is 44.5 Å². The summed E-state index contributed by atoms with van der Waals surface area (Å²) in [6.07, 6.45) is 8.56. The molecule has 1 unspecified atom stereocenters. The van der Waals surface area contributed by atoms with Crippen molar-refractivity contribution in [3.63, 3.8) is 0 Å². The van der Waals surface area contributed by atoms with Gasteiger partial charge in [0.25, 0.3) is 0 Å². The predicted molar refractivity (Wildman–Crippen MR) is 92.4 cm³/mol. The van der Waals surface area contributed by atoms with E-state index in [1.54, 1.807) is 0 Å². The van der Waals surface area contributed by atoms with Gasteiger partial charge in [-0.3, -0.25) is 14.5 Å². The fourth-order valence-corrected chi connectivity index (χ4v) is 4.32. The van der Waals surface area contributed by atoms with Crippen LogP contribution in [-0.4, -0.2) is 63.0 Å². The monoisotopic (exact) mass is 320 g/mol. The Morgan fingerprint density at radius 2 is 2.04 bits per heavy atom. The Morgan fingerprint density at radius 3 is 2.70 bits per heavy atom. The molecule has 5 nitrogen and oxygen atoms in total. The third-order valence-corrected chi connectivity index (χ3v) is 5.63. The maximum atomic E-state index is 9.48. The molecule has 130 valence electrons. The maximum absolute atomic E-state index is 9.48. The third kappa shape index (κ3) is 3.95. The second-order valence-corrected chi connectivity index (χ2v) is 7.17. The lowest BCUT2D eigenvalue weighted by Crippen LogP contribution is -2.56. The van der Waals surface area contributed by atoms with E-state index >= 15 is 0 Å². The Labute approximate surface area is 140 Å². The van der Waals surface area contributed by atoms with Gasteiger partial charge in [0.1, 0.15) is 0 Å². The number of aliphatic hydroxyl groups excluding tert-OH is 1. The van der Waals surface area contributed by atoms with Crippen molar-refractivity contribution >= 4 is 0 Å². The molecule has 2 heterocycles. The summed E-state index contributed by atoms with van der Waals surface area (Å²) in [4.78, 5) is 5.25. The predicted octanol–water partition coefficient (Wildman–Crippen LogP) is 2.02. The van der Waals surface area contributed by atoms with Gasteiger partial charge in [-0.2, -0.15) is 5.10 Å². The number of aryl methyl sites for hydroxylation is 2. The van der Waals surface area contributed by atoms with Crippen LogP contribution in [0.2, 0.25) is 0 Å². The van der Waals surface area contributed by atoms with E-state index in [9.17, 15) is 5.11 Å². The van der Waals surface area contributed by atoms with Crippen LogP contribution in [0.3, 0.4) is 0 Å². The molecule has 2 aliphatic rings. The van der Waals surface area contributed by atoms with E-state index in [-0.39, 0.29) is 0 Å². The first-order valence-corrected chi connectivity index (χ1v) is 9.33. The average molecular weight is 320 g/mol. The van der Waals surface area contributed by atoms with Crippen molar-refractivity contribution < 1.29 is 5.11 Å². The van der Waals surface area contributed by atoms with E-state index in [0.717, 1.165) is 50.9 Å². The van der Waals surface area contributed by atoms with Gasteiger partial charge in [0, 0.05) is 63.2 Å². The minimum absolute atomic E-state index is 0.300. The summed E-state index contributed by atoms with van der Waals surface area (Å²) in [5, 5.41) is 14.0. The number of rotatable bonds is 6. The fourth-order valence-electron chi connectivity index (χ4n) is 4.32. The summed E-state index contributed by atoms with van der Waals surface area (Å²) in [5.74, 6) is 0. The van der Waals surface area contributed by atoms with Gasteiger partial charge < -0.3 is 5.11 Å². The molecule has 0 radical (unpaired) electrons. The minimum Gasteiger partial charge on any atom is -0.396 e. The molecule has 1 aromatic heterocycles. The quantitative estimate of drug-likeness (QED) is 0.871. The van der Waals surface area contributed by atoms with E-state index in [2.05, 4.69) is 34.9 Å². The summed E-state index contributed by atoms with van der Waals surface area (Å²) in [7, 11) is 0. The molecular weight excluding hydrogens is 288 g/mol. The zero-order valence-electron chi connectivity index (χ0n) is 14.7. The molecule has 2 fully saturated rings. The molecule has 5 heteroatoms. The van der Waals surface area contributed by atoms with Crippen LogP contribution in [-0.2, 0) is 13.1 Å². The van der Waals surface area contributed by atoms with E-state index in [1.165, 1.54) is 31.2 Å². The van der Waals surface area contributed by atoms with Crippen molar-refractivity contribution in [2.75, 3.05) is 26.2 Å². The molecule has 1 N–H and O–H groups in total. The highest BCUT2D eigenvalue weighted by molar-refractivity contribution is 5.15. The zero-order chi connectivity index (χ0) is 16.2. The Morgan fingerprint density at radius 1 is 1.26 bits per heavy atom. The first-order chi connectivity index (χ1) is 11.2. The van der Waals surface area contributed by atoms with Crippen LogP contribution in [0.5, 0.6) is 0 Å². The van der Waals surface area contributed by atoms with Crippen molar-refractivity contribution in [1.29, 1.82) is 0 Å². The van der Waals surface area contributed by atoms with E-state index in [4.69, 9.17) is 0 Å². The van der Waals surface area contributed by atoms with Crippen LogP contribution in [0, 0.1) is 6.92 Å². The highest BCUT2D eigenvalue weighted by Crippen LogP contribution is 2.28. The smallest absolute Gasteiger partial charge is 0.0638 e. The summed E-state index contributed by atoms with van der Waals surface area (Å²) in [6, 6.07) is 1.27. The van der Waals surface area contributed by atoms with Gasteiger partial charge in [0.2, 0.25) is 0 Å². The molecule has 0 aromatic carbocycles. The molecule has 23 heavy (non-hydrogen) atoms. The van der Waals surface area contributed by atoms with Crippen molar-refractivity contribution in [2.45, 2.75) is 71.1 Å². The SMILES string of the molecule is CCn1cc(CN2CCN(C3CCCC3)C(CCO)C2)c(C)n1. The first-order valence-electron chi connectivity index (χ1n) is 9.33. The van der Waals surface area contributed by atoms with Crippen molar-refractivity contribution in [2.24, 2.45) is 0 Å². The van der Waals surface area contributed by atoms with E-state index in [0.29, 0.717) is 12.6 Å². The van der Waals surface area contributed by atoms with Crippen LogP contribution in [0.25, 0.3) is 0 Å². The zero-order valence-corrected chi connectivity index (χ0v) is 14.7. The number of aromatic nitrogens is 2.